The van der Waals surface area contributed by atoms with E-state index in [1.54, 1.807) is 0 Å². The lowest BCUT2D eigenvalue weighted by Crippen LogP contribution is -2.26. The van der Waals surface area contributed by atoms with Crippen LogP contribution in [0, 0.1) is 21.4 Å². The van der Waals surface area contributed by atoms with Crippen LogP contribution in [0.1, 0.15) is 50.9 Å². The van der Waals surface area contributed by atoms with Crippen LogP contribution in [0.5, 0.6) is 0 Å². The number of carbonyl (C=O) groups is 1. The molecule has 1 aliphatic carbocycles. The SMILES string of the molecule is CC1=CCCC(C)(C)[C@@H]1/C=C/[C@H](C)OC(=O)c1ccc([N+](=O)[O-])cc1. The van der Waals surface area contributed by atoms with E-state index in [9.17, 15) is 14.9 Å². The highest BCUT2D eigenvalue weighted by Gasteiger charge is 2.30. The molecular weight excluding hydrogens is 318 g/mol. The molecule has 0 saturated heterocycles. The smallest absolute Gasteiger partial charge is 0.338 e. The van der Waals surface area contributed by atoms with Gasteiger partial charge in [-0.15, -0.1) is 0 Å². The van der Waals surface area contributed by atoms with Gasteiger partial charge < -0.3 is 4.74 Å². The summed E-state index contributed by atoms with van der Waals surface area (Å²) in [6, 6.07) is 5.42. The average Bonchev–Trinajstić information content (AvgIpc) is 2.53. The molecule has 0 aromatic heterocycles. The van der Waals surface area contributed by atoms with Crippen LogP contribution in [0.25, 0.3) is 0 Å². The largest absolute Gasteiger partial charge is 0.455 e. The maximum atomic E-state index is 12.1. The van der Waals surface area contributed by atoms with Crippen LogP contribution in [0.3, 0.4) is 0 Å². The number of non-ortho nitro benzene ring substituents is 1. The zero-order chi connectivity index (χ0) is 18.6. The fraction of sp³-hybridized carbons (Fsp3) is 0.450. The van der Waals surface area contributed by atoms with Crippen LogP contribution >= 0.6 is 0 Å². The lowest BCUT2D eigenvalue weighted by atomic mass is 9.68. The number of carbonyl (C=O) groups excluding carboxylic acids is 1. The molecule has 0 saturated carbocycles. The molecule has 134 valence electrons. The van der Waals surface area contributed by atoms with Gasteiger partial charge in [-0.3, -0.25) is 10.1 Å². The number of nitro groups is 1. The van der Waals surface area contributed by atoms with Crippen LogP contribution in [-0.2, 0) is 4.74 Å². The maximum absolute atomic E-state index is 12.1. The molecule has 5 nitrogen and oxygen atoms in total. The van der Waals surface area contributed by atoms with E-state index >= 15 is 0 Å². The van der Waals surface area contributed by atoms with Gasteiger partial charge in [0.15, 0.2) is 0 Å². The number of rotatable bonds is 5. The first-order valence-corrected chi connectivity index (χ1v) is 8.51. The molecule has 0 fully saturated rings. The van der Waals surface area contributed by atoms with Crippen LogP contribution in [0.4, 0.5) is 5.69 Å². The van der Waals surface area contributed by atoms with Gasteiger partial charge in [0, 0.05) is 18.1 Å². The second-order valence-corrected chi connectivity index (χ2v) is 7.25. The summed E-state index contributed by atoms with van der Waals surface area (Å²) in [5.74, 6) is -0.149. The van der Waals surface area contributed by atoms with E-state index in [0.29, 0.717) is 11.5 Å². The average molecular weight is 343 g/mol. The summed E-state index contributed by atoms with van der Waals surface area (Å²) in [4.78, 5) is 22.3. The minimum atomic E-state index is -0.498. The number of hydrogen-bond donors (Lipinski definition) is 0. The molecular formula is C20H25NO4. The second kappa shape index (κ2) is 7.64. The van der Waals surface area contributed by atoms with E-state index in [1.807, 2.05) is 13.0 Å². The molecule has 0 amide bonds. The highest BCUT2D eigenvalue weighted by Crippen LogP contribution is 2.41. The van der Waals surface area contributed by atoms with Crippen LogP contribution < -0.4 is 0 Å². The molecule has 5 heteroatoms. The molecule has 0 heterocycles. The zero-order valence-corrected chi connectivity index (χ0v) is 15.2. The monoisotopic (exact) mass is 343 g/mol. The third-order valence-electron chi connectivity index (χ3n) is 4.77. The molecule has 1 aliphatic rings. The van der Waals surface area contributed by atoms with Crippen LogP contribution in [0.15, 0.2) is 48.1 Å². The van der Waals surface area contributed by atoms with E-state index in [2.05, 4.69) is 32.9 Å². The van der Waals surface area contributed by atoms with Crippen molar-refractivity contribution < 1.29 is 14.5 Å². The van der Waals surface area contributed by atoms with Gasteiger partial charge in [0.25, 0.3) is 5.69 Å². The third-order valence-corrected chi connectivity index (χ3v) is 4.77. The van der Waals surface area contributed by atoms with Gasteiger partial charge in [-0.05, 0) is 50.3 Å². The van der Waals surface area contributed by atoms with Gasteiger partial charge in [0.2, 0.25) is 0 Å². The molecule has 0 spiro atoms. The first-order chi connectivity index (χ1) is 11.7. The Morgan fingerprint density at radius 2 is 2.00 bits per heavy atom. The Bertz CT molecular complexity index is 701. The molecule has 1 aromatic carbocycles. The quantitative estimate of drug-likeness (QED) is 0.323. The molecule has 0 aliphatic heterocycles. The summed E-state index contributed by atoms with van der Waals surface area (Å²) in [6.07, 6.45) is 8.18. The van der Waals surface area contributed by atoms with Crippen LogP contribution in [-0.4, -0.2) is 17.0 Å². The van der Waals surface area contributed by atoms with E-state index < -0.39 is 10.9 Å². The maximum Gasteiger partial charge on any atom is 0.338 e. The van der Waals surface area contributed by atoms with Crippen molar-refractivity contribution in [3.05, 3.63) is 63.7 Å². The van der Waals surface area contributed by atoms with Crippen LogP contribution in [0.2, 0.25) is 0 Å². The number of hydrogen-bond acceptors (Lipinski definition) is 4. The molecule has 0 bridgehead atoms. The number of esters is 1. The highest BCUT2D eigenvalue weighted by atomic mass is 16.6. The van der Waals surface area contributed by atoms with Crippen molar-refractivity contribution in [1.29, 1.82) is 0 Å². The minimum absolute atomic E-state index is 0.0497. The van der Waals surface area contributed by atoms with Crippen molar-refractivity contribution in [2.75, 3.05) is 0 Å². The molecule has 0 N–H and O–H groups in total. The predicted molar refractivity (Wildman–Crippen MR) is 97.4 cm³/mol. The highest BCUT2D eigenvalue weighted by molar-refractivity contribution is 5.89. The van der Waals surface area contributed by atoms with Gasteiger partial charge in [0.1, 0.15) is 6.10 Å². The van der Waals surface area contributed by atoms with Crippen molar-refractivity contribution in [3.8, 4) is 0 Å². The zero-order valence-electron chi connectivity index (χ0n) is 15.2. The van der Waals surface area contributed by atoms with E-state index in [0.717, 1.165) is 12.8 Å². The van der Waals surface area contributed by atoms with E-state index in [4.69, 9.17) is 4.74 Å². The predicted octanol–water partition coefficient (Wildman–Crippen LogP) is 5.08. The van der Waals surface area contributed by atoms with Gasteiger partial charge in [-0.25, -0.2) is 4.79 Å². The second-order valence-electron chi connectivity index (χ2n) is 7.25. The summed E-state index contributed by atoms with van der Waals surface area (Å²) in [5.41, 5.74) is 1.80. The van der Waals surface area contributed by atoms with Gasteiger partial charge in [0.05, 0.1) is 10.5 Å². The van der Waals surface area contributed by atoms with Gasteiger partial charge >= 0.3 is 5.97 Å². The Kier molecular flexibility index (Phi) is 5.77. The summed E-state index contributed by atoms with van der Waals surface area (Å²) in [7, 11) is 0. The minimum Gasteiger partial charge on any atom is -0.455 e. The Balaban J connectivity index is 2.00. The number of allylic oxidation sites excluding steroid dienone is 3. The molecule has 2 atom stereocenters. The number of ether oxygens (including phenoxy) is 1. The first-order valence-electron chi connectivity index (χ1n) is 8.51. The van der Waals surface area contributed by atoms with Gasteiger partial charge in [-0.1, -0.05) is 31.6 Å². The summed E-state index contributed by atoms with van der Waals surface area (Å²) in [6.45, 7) is 8.47. The Labute approximate surface area is 148 Å². The molecule has 0 radical (unpaired) electrons. The standard InChI is InChI=1S/C20H25NO4/c1-14-6-5-13-20(3,4)18(14)12-7-15(2)25-19(22)16-8-10-17(11-9-16)21(23)24/h6-12,15,18H,5,13H2,1-4H3/b12-7+/t15-,18+/m0/s1. The summed E-state index contributed by atoms with van der Waals surface area (Å²) in [5, 5.41) is 10.7. The van der Waals surface area contributed by atoms with Crippen molar-refractivity contribution >= 4 is 11.7 Å². The summed E-state index contributed by atoms with van der Waals surface area (Å²) < 4.78 is 5.42. The Morgan fingerprint density at radius 3 is 2.56 bits per heavy atom. The lowest BCUT2D eigenvalue weighted by Gasteiger charge is -2.36. The van der Waals surface area contributed by atoms with Crippen molar-refractivity contribution in [2.45, 2.75) is 46.6 Å². The first kappa shape index (κ1) is 18.9. The molecule has 25 heavy (non-hydrogen) atoms. The van der Waals surface area contributed by atoms with Crippen molar-refractivity contribution in [1.82, 2.24) is 0 Å². The fourth-order valence-electron chi connectivity index (χ4n) is 3.25. The lowest BCUT2D eigenvalue weighted by molar-refractivity contribution is -0.384. The van der Waals surface area contributed by atoms with E-state index in [1.165, 1.54) is 29.8 Å². The molecule has 1 aromatic rings. The number of nitro benzene ring substituents is 1. The number of nitrogens with zero attached hydrogens (tertiary/aromatic N) is 1. The normalized spacial score (nSPS) is 20.8. The molecule has 2 rings (SSSR count). The van der Waals surface area contributed by atoms with Crippen molar-refractivity contribution in [3.63, 3.8) is 0 Å². The number of benzene rings is 1. The Morgan fingerprint density at radius 1 is 1.36 bits per heavy atom. The Hall–Kier alpha value is -2.43. The summed E-state index contributed by atoms with van der Waals surface area (Å²) >= 11 is 0. The molecule has 0 unspecified atom stereocenters. The van der Waals surface area contributed by atoms with Crippen molar-refractivity contribution in [2.24, 2.45) is 11.3 Å². The van der Waals surface area contributed by atoms with E-state index in [-0.39, 0.29) is 17.2 Å². The van der Waals surface area contributed by atoms with Gasteiger partial charge in [-0.2, -0.15) is 0 Å². The fourth-order valence-corrected chi connectivity index (χ4v) is 3.25. The topological polar surface area (TPSA) is 69.4 Å². The third kappa shape index (κ3) is 4.78.